The van der Waals surface area contributed by atoms with Crippen LogP contribution in [0.15, 0.2) is 65.2 Å². The molecular weight excluding hydrogens is 340 g/mol. The second-order valence-electron chi connectivity index (χ2n) is 6.35. The quantitative estimate of drug-likeness (QED) is 0.554. The van der Waals surface area contributed by atoms with Crippen LogP contribution in [0, 0.1) is 6.92 Å². The van der Waals surface area contributed by atoms with Gasteiger partial charge in [-0.25, -0.2) is 9.97 Å². The van der Waals surface area contributed by atoms with Crippen LogP contribution in [0.5, 0.6) is 0 Å². The summed E-state index contributed by atoms with van der Waals surface area (Å²) in [5, 5.41) is 4.93. The van der Waals surface area contributed by atoms with E-state index in [0.717, 1.165) is 22.2 Å². The highest BCUT2D eigenvalue weighted by atomic mass is 16.5. The van der Waals surface area contributed by atoms with E-state index in [1.165, 1.54) is 4.90 Å². The molecule has 1 amide bonds. The maximum absolute atomic E-state index is 12.7. The summed E-state index contributed by atoms with van der Waals surface area (Å²) in [4.78, 5) is 23.3. The van der Waals surface area contributed by atoms with E-state index < -0.39 is 0 Å². The standard InChI is InChI=1S/C21H18N4O2/c1-14-16-10-6-7-11-17(16)23-20(22-14)13-25(2)21(26)18-12-19(27-24-18)15-8-4-3-5-9-15/h3-12H,13H2,1-2H3. The van der Waals surface area contributed by atoms with Gasteiger partial charge in [-0.15, -0.1) is 0 Å². The number of benzene rings is 2. The van der Waals surface area contributed by atoms with Gasteiger partial charge in [0.1, 0.15) is 5.82 Å². The second-order valence-corrected chi connectivity index (χ2v) is 6.35. The van der Waals surface area contributed by atoms with Gasteiger partial charge in [0.2, 0.25) is 0 Å². The Hall–Kier alpha value is -3.54. The van der Waals surface area contributed by atoms with E-state index in [1.807, 2.05) is 61.5 Å². The number of carbonyl (C=O) groups is 1. The second kappa shape index (κ2) is 6.99. The average molecular weight is 358 g/mol. The van der Waals surface area contributed by atoms with Crippen LogP contribution >= 0.6 is 0 Å². The van der Waals surface area contributed by atoms with Crippen molar-refractivity contribution < 1.29 is 9.32 Å². The molecule has 0 unspecified atom stereocenters. The number of aryl methyl sites for hydroxylation is 1. The van der Waals surface area contributed by atoms with Gasteiger partial charge in [0.15, 0.2) is 11.5 Å². The zero-order chi connectivity index (χ0) is 18.8. The van der Waals surface area contributed by atoms with Crippen molar-refractivity contribution >= 4 is 16.8 Å². The number of hydrogen-bond donors (Lipinski definition) is 0. The Kier molecular flexibility index (Phi) is 4.38. The van der Waals surface area contributed by atoms with Gasteiger partial charge in [-0.3, -0.25) is 4.79 Å². The van der Waals surface area contributed by atoms with E-state index in [1.54, 1.807) is 13.1 Å². The SMILES string of the molecule is Cc1nc(CN(C)C(=O)c2cc(-c3ccccc3)on2)nc2ccccc12. The molecule has 4 rings (SSSR count). The van der Waals surface area contributed by atoms with Crippen molar-refractivity contribution in [1.29, 1.82) is 0 Å². The molecule has 0 saturated carbocycles. The minimum absolute atomic E-state index is 0.240. The molecule has 6 nitrogen and oxygen atoms in total. The third-order valence-electron chi connectivity index (χ3n) is 4.35. The van der Waals surface area contributed by atoms with Gasteiger partial charge < -0.3 is 9.42 Å². The van der Waals surface area contributed by atoms with Crippen LogP contribution in [-0.4, -0.2) is 33.0 Å². The van der Waals surface area contributed by atoms with Gasteiger partial charge in [-0.2, -0.15) is 0 Å². The predicted octanol–water partition coefficient (Wildman–Crippen LogP) is 3.87. The number of nitrogens with zero attached hydrogens (tertiary/aromatic N) is 4. The highest BCUT2D eigenvalue weighted by molar-refractivity contribution is 5.93. The highest BCUT2D eigenvalue weighted by Gasteiger charge is 2.19. The Morgan fingerprint density at radius 2 is 1.78 bits per heavy atom. The maximum Gasteiger partial charge on any atom is 0.276 e. The van der Waals surface area contributed by atoms with Gasteiger partial charge in [0.25, 0.3) is 5.91 Å². The van der Waals surface area contributed by atoms with Gasteiger partial charge in [0, 0.05) is 29.8 Å². The highest BCUT2D eigenvalue weighted by Crippen LogP contribution is 2.21. The number of hydrogen-bond acceptors (Lipinski definition) is 5. The summed E-state index contributed by atoms with van der Waals surface area (Å²) in [6.07, 6.45) is 0. The van der Waals surface area contributed by atoms with Crippen molar-refractivity contribution in [2.45, 2.75) is 13.5 Å². The molecule has 0 bridgehead atoms. The number of carbonyl (C=O) groups excluding carboxylic acids is 1. The summed E-state index contributed by atoms with van der Waals surface area (Å²) in [7, 11) is 1.70. The summed E-state index contributed by atoms with van der Waals surface area (Å²) >= 11 is 0. The van der Waals surface area contributed by atoms with Crippen LogP contribution in [0.1, 0.15) is 22.0 Å². The minimum Gasteiger partial charge on any atom is -0.355 e. The molecule has 0 fully saturated rings. The molecule has 2 heterocycles. The molecule has 0 atom stereocenters. The predicted molar refractivity (Wildman–Crippen MR) is 102 cm³/mol. The Labute approximate surface area is 156 Å². The fourth-order valence-electron chi connectivity index (χ4n) is 2.96. The lowest BCUT2D eigenvalue weighted by molar-refractivity contribution is 0.0771. The van der Waals surface area contributed by atoms with Crippen molar-refractivity contribution in [3.63, 3.8) is 0 Å². The van der Waals surface area contributed by atoms with Crippen molar-refractivity contribution in [2.24, 2.45) is 0 Å². The van der Waals surface area contributed by atoms with Gasteiger partial charge in [-0.05, 0) is 13.0 Å². The first-order valence-electron chi connectivity index (χ1n) is 8.61. The molecule has 0 spiro atoms. The Balaban J connectivity index is 1.54. The average Bonchev–Trinajstić information content (AvgIpc) is 3.18. The number of aromatic nitrogens is 3. The third-order valence-corrected chi connectivity index (χ3v) is 4.35. The summed E-state index contributed by atoms with van der Waals surface area (Å²) in [5.41, 5.74) is 2.90. The molecular formula is C21H18N4O2. The van der Waals surface area contributed by atoms with E-state index in [2.05, 4.69) is 15.1 Å². The number of rotatable bonds is 4. The van der Waals surface area contributed by atoms with Crippen LogP contribution in [0.3, 0.4) is 0 Å². The van der Waals surface area contributed by atoms with E-state index in [4.69, 9.17) is 4.52 Å². The zero-order valence-electron chi connectivity index (χ0n) is 15.1. The number of fused-ring (bicyclic) bond motifs is 1. The molecule has 4 aromatic rings. The molecule has 0 saturated heterocycles. The third kappa shape index (κ3) is 3.42. The topological polar surface area (TPSA) is 72.1 Å². The molecule has 27 heavy (non-hydrogen) atoms. The van der Waals surface area contributed by atoms with E-state index in [0.29, 0.717) is 11.6 Å². The fraction of sp³-hybridized carbons (Fsp3) is 0.143. The lowest BCUT2D eigenvalue weighted by atomic mass is 10.1. The molecule has 0 N–H and O–H groups in total. The van der Waals surface area contributed by atoms with Crippen LogP contribution in [-0.2, 0) is 6.54 Å². The maximum atomic E-state index is 12.7. The Bertz CT molecular complexity index is 1110. The van der Waals surface area contributed by atoms with Crippen molar-refractivity contribution in [2.75, 3.05) is 7.05 Å². The van der Waals surface area contributed by atoms with Crippen molar-refractivity contribution in [3.05, 3.63) is 77.9 Å². The Morgan fingerprint density at radius 1 is 1.04 bits per heavy atom. The lowest BCUT2D eigenvalue weighted by Crippen LogP contribution is -2.27. The van der Waals surface area contributed by atoms with Crippen LogP contribution in [0.25, 0.3) is 22.2 Å². The molecule has 6 heteroatoms. The van der Waals surface area contributed by atoms with Gasteiger partial charge >= 0.3 is 0 Å². The molecule has 0 aliphatic rings. The monoisotopic (exact) mass is 358 g/mol. The first kappa shape index (κ1) is 16.9. The lowest BCUT2D eigenvalue weighted by Gasteiger charge is -2.15. The minimum atomic E-state index is -0.240. The van der Waals surface area contributed by atoms with E-state index >= 15 is 0 Å². The summed E-state index contributed by atoms with van der Waals surface area (Å²) in [6, 6.07) is 19.0. The van der Waals surface area contributed by atoms with Crippen LogP contribution in [0.2, 0.25) is 0 Å². The van der Waals surface area contributed by atoms with Crippen molar-refractivity contribution in [3.8, 4) is 11.3 Å². The summed E-state index contributed by atoms with van der Waals surface area (Å²) < 4.78 is 5.32. The van der Waals surface area contributed by atoms with E-state index in [-0.39, 0.29) is 18.1 Å². The largest absolute Gasteiger partial charge is 0.355 e. The Morgan fingerprint density at radius 3 is 2.59 bits per heavy atom. The van der Waals surface area contributed by atoms with Gasteiger partial charge in [0.05, 0.1) is 12.1 Å². The first-order valence-corrected chi connectivity index (χ1v) is 8.61. The fourth-order valence-corrected chi connectivity index (χ4v) is 2.96. The van der Waals surface area contributed by atoms with Crippen LogP contribution in [0.4, 0.5) is 0 Å². The molecule has 2 aromatic heterocycles. The van der Waals surface area contributed by atoms with Crippen LogP contribution < -0.4 is 0 Å². The van der Waals surface area contributed by atoms with Gasteiger partial charge in [-0.1, -0.05) is 53.7 Å². The molecule has 0 aliphatic heterocycles. The molecule has 0 radical (unpaired) electrons. The zero-order valence-corrected chi connectivity index (χ0v) is 15.1. The molecule has 0 aliphatic carbocycles. The number of para-hydroxylation sites is 1. The normalized spacial score (nSPS) is 10.9. The summed E-state index contributed by atoms with van der Waals surface area (Å²) in [5.74, 6) is 0.911. The first-order chi connectivity index (χ1) is 13.1. The molecule has 2 aromatic carbocycles. The number of amides is 1. The summed E-state index contributed by atoms with van der Waals surface area (Å²) in [6.45, 7) is 2.23. The smallest absolute Gasteiger partial charge is 0.276 e. The van der Waals surface area contributed by atoms with E-state index in [9.17, 15) is 4.79 Å². The molecule has 134 valence electrons. The van der Waals surface area contributed by atoms with Crippen molar-refractivity contribution in [1.82, 2.24) is 20.0 Å².